The minimum absolute atomic E-state index is 0.101. The number of alkyl carbamates (subject to hydrolysis) is 1. The van der Waals surface area contributed by atoms with E-state index in [4.69, 9.17) is 4.74 Å². The van der Waals surface area contributed by atoms with Gasteiger partial charge in [0, 0.05) is 31.3 Å². The van der Waals surface area contributed by atoms with E-state index in [1.807, 2.05) is 0 Å². The Kier molecular flexibility index (Phi) is 8.66. The van der Waals surface area contributed by atoms with Gasteiger partial charge in [0.25, 0.3) is 5.91 Å². The molecule has 10 nitrogen and oxygen atoms in total. The Morgan fingerprint density at radius 2 is 1.73 bits per heavy atom. The highest BCUT2D eigenvalue weighted by Crippen LogP contribution is 2.27. The summed E-state index contributed by atoms with van der Waals surface area (Å²) in [7, 11) is 0. The van der Waals surface area contributed by atoms with Gasteiger partial charge in [-0.15, -0.1) is 0 Å². The molecule has 1 saturated heterocycles. The van der Waals surface area contributed by atoms with Crippen LogP contribution in [0.15, 0.2) is 35.3 Å². The number of amides is 3. The Morgan fingerprint density at radius 1 is 1.09 bits per heavy atom. The fourth-order valence-electron chi connectivity index (χ4n) is 4.59. The average Bonchev–Trinajstić information content (AvgIpc) is 3.25. The van der Waals surface area contributed by atoms with Gasteiger partial charge in [-0.3, -0.25) is 23.9 Å². The van der Waals surface area contributed by atoms with Crippen LogP contribution in [0.2, 0.25) is 0 Å². The van der Waals surface area contributed by atoms with Gasteiger partial charge in [0.2, 0.25) is 11.3 Å². The van der Waals surface area contributed by atoms with Crippen LogP contribution in [0.4, 0.5) is 37.0 Å². The average molecular weight is 628 g/mol. The van der Waals surface area contributed by atoms with Crippen LogP contribution in [0.5, 0.6) is 0 Å². The molecule has 3 amide bonds. The third-order valence-electron chi connectivity index (χ3n) is 6.53. The summed E-state index contributed by atoms with van der Waals surface area (Å²) in [4.78, 5) is 56.5. The van der Waals surface area contributed by atoms with Crippen molar-refractivity contribution in [2.24, 2.45) is 0 Å². The molecule has 16 heteroatoms. The van der Waals surface area contributed by atoms with Crippen LogP contribution in [0, 0.1) is 17.5 Å². The zero-order chi connectivity index (χ0) is 32.7. The number of hydrogen-bond donors (Lipinski definition) is 2. The Balaban J connectivity index is 1.82. The molecule has 3 aromatic rings. The second kappa shape index (κ2) is 11.8. The Labute approximate surface area is 246 Å². The Morgan fingerprint density at radius 3 is 2.30 bits per heavy atom. The number of carbonyl (C=O) groups is 3. The van der Waals surface area contributed by atoms with E-state index >= 15 is 0 Å². The minimum Gasteiger partial charge on any atom is -0.444 e. The standard InChI is InChI=1S/C28H27F6N5O5/c1-5-19(28(32,33)34)36-25(42)16-12-39(22-17(30)8-13(29)9-18(22)31)24-15(23(16)41)6-7-20(37-24)38-11-14(10-21(38)40)35-26(43)44-27(2,3)4/h6-9,12,14,19H,5,10-11H2,1-4H3,(H,35,43)(H,36,42)/t14?,19-/m0/s1. The largest absolute Gasteiger partial charge is 0.444 e. The maximum Gasteiger partial charge on any atom is 0.408 e. The van der Waals surface area contributed by atoms with E-state index in [-0.39, 0.29) is 18.8 Å². The topological polar surface area (TPSA) is 123 Å². The number of pyridine rings is 2. The van der Waals surface area contributed by atoms with Crippen molar-refractivity contribution < 1.29 is 45.5 Å². The number of anilines is 1. The van der Waals surface area contributed by atoms with Crippen molar-refractivity contribution >= 4 is 34.8 Å². The molecule has 2 atom stereocenters. The van der Waals surface area contributed by atoms with Crippen molar-refractivity contribution in [3.8, 4) is 5.69 Å². The Hall–Kier alpha value is -4.63. The first-order valence-corrected chi connectivity index (χ1v) is 13.3. The van der Waals surface area contributed by atoms with Crippen molar-refractivity contribution in [2.75, 3.05) is 11.4 Å². The van der Waals surface area contributed by atoms with Gasteiger partial charge in [-0.1, -0.05) is 6.92 Å². The number of benzene rings is 1. The fraction of sp³-hybridized carbons (Fsp3) is 0.393. The molecule has 0 saturated carbocycles. The lowest BCUT2D eigenvalue weighted by Gasteiger charge is -2.22. The molecule has 0 bridgehead atoms. The maximum absolute atomic E-state index is 15.0. The van der Waals surface area contributed by atoms with Crippen molar-refractivity contribution in [3.05, 3.63) is 63.7 Å². The lowest BCUT2D eigenvalue weighted by Crippen LogP contribution is -2.46. The second-order valence-electron chi connectivity index (χ2n) is 11.0. The van der Waals surface area contributed by atoms with Crippen LogP contribution in [0.25, 0.3) is 16.7 Å². The molecule has 0 spiro atoms. The van der Waals surface area contributed by atoms with Gasteiger partial charge in [0.1, 0.15) is 34.5 Å². The van der Waals surface area contributed by atoms with Crippen LogP contribution in [0.3, 0.4) is 0 Å². The predicted octanol–water partition coefficient (Wildman–Crippen LogP) is 4.50. The number of carbonyl (C=O) groups excluding carboxylic acids is 3. The van der Waals surface area contributed by atoms with Gasteiger partial charge >= 0.3 is 12.3 Å². The maximum atomic E-state index is 15.0. The Bertz CT molecular complexity index is 1680. The van der Waals surface area contributed by atoms with Crippen LogP contribution in [-0.4, -0.2) is 57.9 Å². The van der Waals surface area contributed by atoms with E-state index in [1.54, 1.807) is 26.1 Å². The van der Waals surface area contributed by atoms with Gasteiger partial charge in [-0.25, -0.2) is 22.9 Å². The second-order valence-corrected chi connectivity index (χ2v) is 11.0. The van der Waals surface area contributed by atoms with Crippen LogP contribution in [-0.2, 0) is 9.53 Å². The number of aromatic nitrogens is 2. The van der Waals surface area contributed by atoms with E-state index in [9.17, 15) is 45.5 Å². The van der Waals surface area contributed by atoms with Crippen LogP contribution in [0.1, 0.15) is 50.9 Å². The number of nitrogens with zero attached hydrogens (tertiary/aromatic N) is 3. The van der Waals surface area contributed by atoms with Gasteiger partial charge < -0.3 is 15.4 Å². The van der Waals surface area contributed by atoms with Gasteiger partial charge in [-0.05, 0) is 39.3 Å². The quantitative estimate of drug-likeness (QED) is 0.388. The van der Waals surface area contributed by atoms with Crippen LogP contribution >= 0.6 is 0 Å². The highest BCUT2D eigenvalue weighted by atomic mass is 19.4. The highest BCUT2D eigenvalue weighted by Gasteiger charge is 2.40. The number of nitrogens with one attached hydrogen (secondary N) is 2. The molecular weight excluding hydrogens is 600 g/mol. The van der Waals surface area contributed by atoms with E-state index in [1.165, 1.54) is 6.07 Å². The molecule has 44 heavy (non-hydrogen) atoms. The first kappa shape index (κ1) is 32.3. The molecule has 1 aliphatic rings. The zero-order valence-electron chi connectivity index (χ0n) is 23.8. The third kappa shape index (κ3) is 6.78. The number of ether oxygens (including phenoxy) is 1. The summed E-state index contributed by atoms with van der Waals surface area (Å²) in [6.45, 7) is 6.00. The predicted molar refractivity (Wildman–Crippen MR) is 145 cm³/mol. The first-order chi connectivity index (χ1) is 20.4. The molecule has 3 heterocycles. The molecule has 1 unspecified atom stereocenters. The first-order valence-electron chi connectivity index (χ1n) is 13.3. The lowest BCUT2D eigenvalue weighted by molar-refractivity contribution is -0.153. The summed E-state index contributed by atoms with van der Waals surface area (Å²) in [5.74, 6) is -6.36. The number of fused-ring (bicyclic) bond motifs is 1. The summed E-state index contributed by atoms with van der Waals surface area (Å²) in [5, 5.41) is 3.81. The number of rotatable bonds is 6. The third-order valence-corrected chi connectivity index (χ3v) is 6.53. The van der Waals surface area contributed by atoms with Gasteiger partial charge in [0.15, 0.2) is 17.3 Å². The highest BCUT2D eigenvalue weighted by molar-refractivity contribution is 5.99. The van der Waals surface area contributed by atoms with Gasteiger partial charge in [-0.2, -0.15) is 13.2 Å². The molecule has 1 aliphatic heterocycles. The normalized spacial score (nSPS) is 16.3. The van der Waals surface area contributed by atoms with E-state index < -0.39 is 93.4 Å². The van der Waals surface area contributed by atoms with E-state index in [0.29, 0.717) is 22.9 Å². The van der Waals surface area contributed by atoms with E-state index in [0.717, 1.165) is 17.9 Å². The molecule has 2 aromatic heterocycles. The molecular formula is C28H27F6N5O5. The smallest absolute Gasteiger partial charge is 0.408 e. The molecule has 236 valence electrons. The molecule has 1 aromatic carbocycles. The number of halogens is 6. The van der Waals surface area contributed by atoms with Crippen LogP contribution < -0.4 is 21.0 Å². The molecule has 0 radical (unpaired) electrons. The van der Waals surface area contributed by atoms with Crippen molar-refractivity contribution in [1.29, 1.82) is 0 Å². The summed E-state index contributed by atoms with van der Waals surface area (Å²) in [6.07, 6.45) is -5.77. The van der Waals surface area contributed by atoms with Crippen molar-refractivity contribution in [3.63, 3.8) is 0 Å². The zero-order valence-corrected chi connectivity index (χ0v) is 23.8. The number of alkyl halides is 3. The summed E-state index contributed by atoms with van der Waals surface area (Å²) >= 11 is 0. The monoisotopic (exact) mass is 627 g/mol. The van der Waals surface area contributed by atoms with Crippen molar-refractivity contribution in [1.82, 2.24) is 20.2 Å². The summed E-state index contributed by atoms with van der Waals surface area (Å²) in [6, 6.07) is -0.141. The molecule has 2 N–H and O–H groups in total. The SMILES string of the molecule is CC[C@H](NC(=O)c1cn(-c2c(F)cc(F)cc2F)c2nc(N3CC(NC(=O)OC(C)(C)C)CC3=O)ccc2c1=O)C(F)(F)F. The molecule has 4 rings (SSSR count). The van der Waals surface area contributed by atoms with Gasteiger partial charge in [0.05, 0.1) is 11.4 Å². The summed E-state index contributed by atoms with van der Waals surface area (Å²) < 4.78 is 89.4. The van der Waals surface area contributed by atoms with E-state index in [2.05, 4.69) is 10.3 Å². The lowest BCUT2D eigenvalue weighted by atomic mass is 10.1. The summed E-state index contributed by atoms with van der Waals surface area (Å²) in [5.41, 5.74) is -4.31. The molecule has 0 aliphatic carbocycles. The van der Waals surface area contributed by atoms with Crippen molar-refractivity contribution in [2.45, 2.75) is 64.4 Å². The number of hydrogen-bond acceptors (Lipinski definition) is 6. The fourth-order valence-corrected chi connectivity index (χ4v) is 4.59. The minimum atomic E-state index is -4.86. The molecule has 1 fully saturated rings.